The molecule has 3 aromatic rings. The van der Waals surface area contributed by atoms with Crippen LogP contribution in [0.2, 0.25) is 0 Å². The molecule has 0 unspecified atom stereocenters. The van der Waals surface area contributed by atoms with Gasteiger partial charge in [-0.05, 0) is 64.3 Å². The van der Waals surface area contributed by atoms with Gasteiger partial charge < -0.3 is 20.3 Å². The first-order chi connectivity index (χ1) is 18.2. The van der Waals surface area contributed by atoms with Crippen LogP contribution in [0.5, 0.6) is 0 Å². The van der Waals surface area contributed by atoms with Crippen molar-refractivity contribution >= 4 is 49.9 Å². The zero-order valence-electron chi connectivity index (χ0n) is 22.6. The van der Waals surface area contributed by atoms with E-state index >= 15 is 0 Å². The highest BCUT2D eigenvalue weighted by Crippen LogP contribution is 2.46. The van der Waals surface area contributed by atoms with E-state index in [-0.39, 0.29) is 17.8 Å². The molecule has 1 aliphatic heterocycles. The van der Waals surface area contributed by atoms with Crippen molar-refractivity contribution in [1.29, 1.82) is 0 Å². The molecule has 0 aliphatic carbocycles. The number of rotatable bonds is 7. The van der Waals surface area contributed by atoms with E-state index in [4.69, 9.17) is 4.74 Å². The van der Waals surface area contributed by atoms with Gasteiger partial charge in [0.2, 0.25) is 5.91 Å². The Morgan fingerprint density at radius 1 is 1.21 bits per heavy atom. The number of nitrogens with zero attached hydrogens (tertiary/aromatic N) is 2. The van der Waals surface area contributed by atoms with Crippen LogP contribution in [-0.4, -0.2) is 46.6 Å². The average Bonchev–Trinajstić information content (AvgIpc) is 3.41. The fourth-order valence-electron chi connectivity index (χ4n) is 4.18. The molecule has 12 heteroatoms. The molecule has 0 spiro atoms. The van der Waals surface area contributed by atoms with Gasteiger partial charge in [0.15, 0.2) is 0 Å². The van der Waals surface area contributed by atoms with Crippen molar-refractivity contribution in [3.05, 3.63) is 34.2 Å². The molecule has 1 aromatic carbocycles. The van der Waals surface area contributed by atoms with Crippen LogP contribution < -0.4 is 10.6 Å². The van der Waals surface area contributed by atoms with Crippen molar-refractivity contribution in [3.63, 3.8) is 0 Å². The zero-order chi connectivity index (χ0) is 28.5. The van der Waals surface area contributed by atoms with E-state index < -0.39 is 23.4 Å². The van der Waals surface area contributed by atoms with Gasteiger partial charge in [0.1, 0.15) is 15.6 Å². The molecule has 0 saturated carbocycles. The van der Waals surface area contributed by atoms with E-state index in [2.05, 4.69) is 29.5 Å². The topological polar surface area (TPSA) is 83.6 Å². The van der Waals surface area contributed by atoms with Crippen LogP contribution in [0.15, 0.2) is 18.2 Å². The molecule has 2 N–H and O–H groups in total. The summed E-state index contributed by atoms with van der Waals surface area (Å²) >= 11 is 2.66. The van der Waals surface area contributed by atoms with E-state index in [9.17, 15) is 22.8 Å². The molecule has 4 rings (SSSR count). The summed E-state index contributed by atoms with van der Waals surface area (Å²) in [5.41, 5.74) is 0.539. The summed E-state index contributed by atoms with van der Waals surface area (Å²) in [6, 6.07) is 3.84. The van der Waals surface area contributed by atoms with Gasteiger partial charge >= 0.3 is 12.3 Å². The number of ether oxygens (including phenoxy) is 1. The minimum Gasteiger partial charge on any atom is -0.444 e. The zero-order valence-corrected chi connectivity index (χ0v) is 24.3. The summed E-state index contributed by atoms with van der Waals surface area (Å²) in [4.78, 5) is 32.7. The third-order valence-corrected chi connectivity index (χ3v) is 8.53. The van der Waals surface area contributed by atoms with Crippen molar-refractivity contribution < 1.29 is 27.5 Å². The van der Waals surface area contributed by atoms with Crippen molar-refractivity contribution in [2.75, 3.05) is 18.4 Å². The van der Waals surface area contributed by atoms with E-state index in [1.165, 1.54) is 28.7 Å². The Morgan fingerprint density at radius 3 is 2.62 bits per heavy atom. The fraction of sp³-hybridized carbons (Fsp3) is 0.519. The summed E-state index contributed by atoms with van der Waals surface area (Å²) in [7, 11) is 0. The molecule has 0 bridgehead atoms. The second-order valence-electron chi connectivity index (χ2n) is 10.6. The largest absolute Gasteiger partial charge is 0.444 e. The summed E-state index contributed by atoms with van der Waals surface area (Å²) in [5, 5.41) is 7.44. The lowest BCUT2D eigenvalue weighted by molar-refractivity contribution is -0.137. The number of carbonyl (C=O) groups is 2. The van der Waals surface area contributed by atoms with Gasteiger partial charge in [0.05, 0.1) is 22.3 Å². The third kappa shape index (κ3) is 7.09. The molecule has 1 aliphatic rings. The number of hydrogen-bond donors (Lipinski definition) is 2. The maximum atomic E-state index is 13.3. The van der Waals surface area contributed by atoms with Gasteiger partial charge in [0, 0.05) is 36.0 Å². The Morgan fingerprint density at radius 2 is 1.95 bits per heavy atom. The molecule has 2 amide bonds. The molecular formula is C27H33F3N4O3S2. The van der Waals surface area contributed by atoms with Crippen LogP contribution in [0.4, 0.5) is 23.0 Å². The number of amides is 2. The summed E-state index contributed by atoms with van der Waals surface area (Å²) in [5.74, 6) is -0.171. The van der Waals surface area contributed by atoms with Crippen molar-refractivity contribution in [2.24, 2.45) is 0 Å². The van der Waals surface area contributed by atoms with Gasteiger partial charge in [-0.1, -0.05) is 6.92 Å². The van der Waals surface area contributed by atoms with Gasteiger partial charge in [-0.15, -0.1) is 22.7 Å². The Balaban J connectivity index is 1.67. The highest BCUT2D eigenvalue weighted by Gasteiger charge is 2.33. The predicted octanol–water partition coefficient (Wildman–Crippen LogP) is 7.05. The van der Waals surface area contributed by atoms with Crippen molar-refractivity contribution in [2.45, 2.75) is 78.2 Å². The van der Waals surface area contributed by atoms with Gasteiger partial charge in [-0.25, -0.2) is 9.78 Å². The number of thiophene rings is 1. The number of alkyl halides is 3. The first-order valence-corrected chi connectivity index (χ1v) is 14.5. The number of halogens is 3. The Hall–Kier alpha value is -2.70. The van der Waals surface area contributed by atoms with E-state index in [1.54, 1.807) is 4.90 Å². The third-order valence-electron chi connectivity index (χ3n) is 6.35. The van der Waals surface area contributed by atoms with Crippen LogP contribution in [0.3, 0.4) is 0 Å². The van der Waals surface area contributed by atoms with Gasteiger partial charge in [0.25, 0.3) is 0 Å². The second kappa shape index (κ2) is 11.4. The normalized spacial score (nSPS) is 14.8. The standard InChI is InChI=1S/C27H33F3N4O3S2/c1-6-15(2)31-11-9-21(35)33-24-22(23-32-18-13-16(27(28,29)30)7-8-19(18)38-23)17-10-12-34(14-20(17)39-24)25(36)37-26(3,4)5/h7-8,13,15,31H,6,9-12,14H2,1-5H3,(H,33,35)/t15-/m1/s1. The first-order valence-electron chi connectivity index (χ1n) is 12.9. The molecule has 0 fully saturated rings. The monoisotopic (exact) mass is 582 g/mol. The fourth-order valence-corrected chi connectivity index (χ4v) is 6.55. The molecule has 7 nitrogen and oxygen atoms in total. The molecular weight excluding hydrogens is 549 g/mol. The van der Waals surface area contributed by atoms with Crippen molar-refractivity contribution in [1.82, 2.24) is 15.2 Å². The molecule has 1 atom stereocenters. The van der Waals surface area contributed by atoms with Gasteiger partial charge in [-0.3, -0.25) is 4.79 Å². The van der Waals surface area contributed by atoms with Crippen LogP contribution in [0.25, 0.3) is 20.8 Å². The van der Waals surface area contributed by atoms with E-state index in [0.29, 0.717) is 46.8 Å². The number of fused-ring (bicyclic) bond motifs is 2. The molecule has 0 radical (unpaired) electrons. The van der Waals surface area contributed by atoms with Crippen LogP contribution in [0.1, 0.15) is 63.5 Å². The van der Waals surface area contributed by atoms with Gasteiger partial charge in [-0.2, -0.15) is 13.2 Å². The highest BCUT2D eigenvalue weighted by molar-refractivity contribution is 7.23. The summed E-state index contributed by atoms with van der Waals surface area (Å²) in [6.07, 6.45) is -3.15. The molecule has 2 aromatic heterocycles. The van der Waals surface area contributed by atoms with E-state index in [0.717, 1.165) is 34.6 Å². The second-order valence-corrected chi connectivity index (χ2v) is 12.8. The minimum atomic E-state index is -4.47. The molecule has 212 valence electrons. The van der Waals surface area contributed by atoms with Crippen LogP contribution in [0, 0.1) is 0 Å². The maximum absolute atomic E-state index is 13.3. The quantitative estimate of drug-likeness (QED) is 0.312. The predicted molar refractivity (Wildman–Crippen MR) is 149 cm³/mol. The summed E-state index contributed by atoms with van der Waals surface area (Å²) in [6.45, 7) is 10.8. The SMILES string of the molecule is CC[C@@H](C)NCCC(=O)Nc1sc2c(c1-c1nc3cc(C(F)(F)F)ccc3s1)CCN(C(=O)OC(C)(C)C)C2. The van der Waals surface area contributed by atoms with E-state index in [1.807, 2.05) is 20.8 Å². The van der Waals surface area contributed by atoms with Crippen LogP contribution in [-0.2, 0) is 28.7 Å². The minimum absolute atomic E-state index is 0.171. The molecule has 0 saturated heterocycles. The summed E-state index contributed by atoms with van der Waals surface area (Å²) < 4.78 is 46.0. The number of thiazole rings is 1. The lowest BCUT2D eigenvalue weighted by atomic mass is 10.0. The number of nitrogens with one attached hydrogen (secondary N) is 2. The average molecular weight is 583 g/mol. The number of hydrogen-bond acceptors (Lipinski definition) is 7. The smallest absolute Gasteiger partial charge is 0.416 e. The molecule has 3 heterocycles. The lowest BCUT2D eigenvalue weighted by Gasteiger charge is -2.30. The number of carbonyl (C=O) groups excluding carboxylic acids is 2. The lowest BCUT2D eigenvalue weighted by Crippen LogP contribution is -2.39. The number of anilines is 1. The Kier molecular flexibility index (Phi) is 8.58. The molecule has 39 heavy (non-hydrogen) atoms. The number of aromatic nitrogens is 1. The first kappa shape index (κ1) is 29.3. The van der Waals surface area contributed by atoms with Crippen molar-refractivity contribution in [3.8, 4) is 10.6 Å². The highest BCUT2D eigenvalue weighted by atomic mass is 32.1. The van der Waals surface area contributed by atoms with Crippen LogP contribution >= 0.6 is 22.7 Å². The number of benzene rings is 1. The Labute approximate surface area is 233 Å². The Bertz CT molecular complexity index is 1360. The maximum Gasteiger partial charge on any atom is 0.416 e.